The molecule has 2 nitrogen and oxygen atoms in total. The van der Waals surface area contributed by atoms with Gasteiger partial charge in [-0.25, -0.2) is 0 Å². The Morgan fingerprint density at radius 1 is 0.492 bits per heavy atom. The quantitative estimate of drug-likeness (QED) is 0.112. The summed E-state index contributed by atoms with van der Waals surface area (Å²) in [5.41, 5.74) is 16.8. The zero-order valence-corrected chi connectivity index (χ0v) is 37.8. The minimum atomic E-state index is -0.203. The third kappa shape index (κ3) is 7.49. The summed E-state index contributed by atoms with van der Waals surface area (Å²) < 4.78 is 0. The van der Waals surface area contributed by atoms with Crippen molar-refractivity contribution in [2.75, 3.05) is 9.80 Å². The minimum absolute atomic E-state index is 0.179. The van der Waals surface area contributed by atoms with Crippen LogP contribution in [0.2, 0.25) is 0 Å². The van der Waals surface area contributed by atoms with Crippen LogP contribution in [0.4, 0.5) is 28.4 Å². The summed E-state index contributed by atoms with van der Waals surface area (Å²) in [7, 11) is 0. The van der Waals surface area contributed by atoms with Crippen LogP contribution in [0.5, 0.6) is 0 Å². The van der Waals surface area contributed by atoms with Gasteiger partial charge in [-0.1, -0.05) is 165 Å². The number of allylic oxidation sites excluding steroid dienone is 3. The molecule has 8 aromatic carbocycles. The molecule has 2 heteroatoms. The Labute approximate surface area is 364 Å². The maximum Gasteiger partial charge on any atom is 0.114 e. The molecule has 0 saturated carbocycles. The lowest BCUT2D eigenvalue weighted by Crippen LogP contribution is -2.29. The van der Waals surface area contributed by atoms with E-state index in [1.54, 1.807) is 0 Å². The van der Waals surface area contributed by atoms with E-state index in [0.717, 1.165) is 22.6 Å². The van der Waals surface area contributed by atoms with E-state index < -0.39 is 0 Å². The SMILES string of the molecule is CC.CC1=CC#CC(N(c2ccc(C)cc2C)c2cc(N(c3ccc(C)cc3C)c3ccc(C)cc3C)c3ccc4cc(C(C)(C)c5ccccc5)cc5ccc2c3c45)C=C1. The van der Waals surface area contributed by atoms with Crippen LogP contribution in [0.1, 0.15) is 79.1 Å². The zero-order valence-electron chi connectivity index (χ0n) is 37.8. The molecule has 0 heterocycles. The van der Waals surface area contributed by atoms with E-state index in [2.05, 4.69) is 224 Å². The summed E-state index contributed by atoms with van der Waals surface area (Å²) >= 11 is 0. The zero-order chi connectivity index (χ0) is 43.2. The predicted octanol–water partition coefficient (Wildman–Crippen LogP) is 16.3. The first-order chi connectivity index (χ1) is 29.4. The van der Waals surface area contributed by atoms with E-state index in [-0.39, 0.29) is 11.5 Å². The van der Waals surface area contributed by atoms with Gasteiger partial charge in [0.15, 0.2) is 0 Å². The number of hydrogen-bond donors (Lipinski definition) is 0. The Morgan fingerprint density at radius 3 is 1.56 bits per heavy atom. The molecule has 0 spiro atoms. The van der Waals surface area contributed by atoms with Crippen molar-refractivity contribution >= 4 is 60.8 Å². The molecular weight excluding hydrogens is 737 g/mol. The highest BCUT2D eigenvalue weighted by Gasteiger charge is 2.29. The van der Waals surface area contributed by atoms with Crippen LogP contribution in [0.25, 0.3) is 32.3 Å². The smallest absolute Gasteiger partial charge is 0.114 e. The van der Waals surface area contributed by atoms with Gasteiger partial charge in [-0.05, 0) is 134 Å². The molecular formula is C59H58N2. The number of anilines is 5. The Kier molecular flexibility index (Phi) is 11.1. The second-order valence-electron chi connectivity index (χ2n) is 17.4. The van der Waals surface area contributed by atoms with E-state index in [0.29, 0.717) is 0 Å². The maximum atomic E-state index is 3.66. The molecule has 0 bridgehead atoms. The average molecular weight is 795 g/mol. The standard InChI is InChI=1S/C57H52N2.C2H6/c1-36-14-13-17-47(24-18-36)58(50-27-19-37(2)30-40(50)5)53-35-54(59(51-28-20-38(3)31-41(51)6)52-29-21-39(4)32-42(52)7)49-26-23-44-34-46(57(8,9)45-15-11-10-12-16-45)33-43-22-25-48(53)56(49)55(43)44;1-2/h10-12,14-16,18-35,47H,1-9H3;1-2H3. The van der Waals surface area contributed by atoms with Gasteiger partial charge in [0.1, 0.15) is 6.04 Å². The third-order valence-corrected chi connectivity index (χ3v) is 12.5. The Hall–Kier alpha value is -6.56. The largest absolute Gasteiger partial charge is 0.323 e. The molecule has 0 N–H and O–H groups in total. The fraction of sp³-hybridized carbons (Fsp3) is 0.220. The van der Waals surface area contributed by atoms with Gasteiger partial charge >= 0.3 is 0 Å². The normalized spacial score (nSPS) is 13.7. The predicted molar refractivity (Wildman–Crippen MR) is 266 cm³/mol. The fourth-order valence-electron chi connectivity index (χ4n) is 9.38. The van der Waals surface area contributed by atoms with Crippen LogP contribution in [-0.2, 0) is 5.41 Å². The molecule has 61 heavy (non-hydrogen) atoms. The van der Waals surface area contributed by atoms with Crippen molar-refractivity contribution in [2.24, 2.45) is 0 Å². The van der Waals surface area contributed by atoms with E-state index in [4.69, 9.17) is 0 Å². The van der Waals surface area contributed by atoms with Gasteiger partial charge in [-0.15, -0.1) is 0 Å². The van der Waals surface area contributed by atoms with Crippen LogP contribution in [-0.4, -0.2) is 6.04 Å². The fourth-order valence-corrected chi connectivity index (χ4v) is 9.38. The van der Waals surface area contributed by atoms with E-state index >= 15 is 0 Å². The lowest BCUT2D eigenvalue weighted by atomic mass is 9.76. The van der Waals surface area contributed by atoms with Gasteiger partial charge in [0.25, 0.3) is 0 Å². The summed E-state index contributed by atoms with van der Waals surface area (Å²) in [5.74, 6) is 7.08. The summed E-state index contributed by atoms with van der Waals surface area (Å²) in [4.78, 5) is 5.01. The summed E-state index contributed by atoms with van der Waals surface area (Å²) in [6.45, 7) is 24.1. The lowest BCUT2D eigenvalue weighted by molar-refractivity contribution is 0.642. The van der Waals surface area contributed by atoms with E-state index in [1.807, 2.05) is 19.9 Å². The first kappa shape index (κ1) is 41.2. The molecule has 304 valence electrons. The topological polar surface area (TPSA) is 6.48 Å². The second kappa shape index (κ2) is 16.5. The molecule has 0 aliphatic heterocycles. The van der Waals surface area contributed by atoms with Gasteiger partial charge in [0.05, 0.1) is 11.4 Å². The van der Waals surface area contributed by atoms with Crippen molar-refractivity contribution in [3.05, 3.63) is 196 Å². The highest BCUT2D eigenvalue weighted by atomic mass is 15.2. The van der Waals surface area contributed by atoms with Crippen LogP contribution in [0.15, 0.2) is 151 Å². The van der Waals surface area contributed by atoms with Gasteiger partial charge < -0.3 is 9.80 Å². The molecule has 0 saturated heterocycles. The molecule has 0 amide bonds. The van der Waals surface area contributed by atoms with Crippen LogP contribution in [0.3, 0.4) is 0 Å². The highest BCUT2D eigenvalue weighted by molar-refractivity contribution is 6.29. The van der Waals surface area contributed by atoms with Crippen LogP contribution < -0.4 is 9.80 Å². The first-order valence-electron chi connectivity index (χ1n) is 21.9. The number of nitrogens with zero attached hydrogens (tertiary/aromatic N) is 2. The molecule has 9 rings (SSSR count). The summed E-state index contributed by atoms with van der Waals surface area (Å²) in [6, 6.07) is 48.0. The van der Waals surface area contributed by atoms with Crippen molar-refractivity contribution in [1.29, 1.82) is 0 Å². The average Bonchev–Trinajstić information content (AvgIpc) is 3.47. The highest BCUT2D eigenvalue weighted by Crippen LogP contribution is 2.51. The molecule has 1 aliphatic carbocycles. The number of hydrogen-bond acceptors (Lipinski definition) is 2. The minimum Gasteiger partial charge on any atom is -0.323 e. The van der Waals surface area contributed by atoms with Crippen molar-refractivity contribution in [1.82, 2.24) is 0 Å². The number of rotatable bonds is 8. The molecule has 0 radical (unpaired) electrons. The molecule has 0 aromatic heterocycles. The Morgan fingerprint density at radius 2 is 1.02 bits per heavy atom. The lowest BCUT2D eigenvalue weighted by Gasteiger charge is -2.35. The third-order valence-electron chi connectivity index (χ3n) is 12.5. The van der Waals surface area contributed by atoms with E-state index in [1.165, 1.54) is 88.2 Å². The molecule has 0 fully saturated rings. The number of benzene rings is 8. The molecule has 1 atom stereocenters. The Bertz CT molecular complexity index is 2990. The van der Waals surface area contributed by atoms with Gasteiger partial charge in [0, 0.05) is 38.6 Å². The van der Waals surface area contributed by atoms with E-state index in [9.17, 15) is 0 Å². The molecule has 8 aromatic rings. The van der Waals surface area contributed by atoms with Crippen molar-refractivity contribution < 1.29 is 0 Å². The van der Waals surface area contributed by atoms with Crippen LogP contribution >= 0.6 is 0 Å². The molecule has 1 unspecified atom stereocenters. The first-order valence-corrected chi connectivity index (χ1v) is 21.9. The Balaban J connectivity index is 0.00000253. The number of aryl methyl sites for hydroxylation is 6. The maximum absolute atomic E-state index is 3.66. The van der Waals surface area contributed by atoms with Gasteiger partial charge in [0.2, 0.25) is 0 Å². The van der Waals surface area contributed by atoms with Gasteiger partial charge in [-0.2, -0.15) is 0 Å². The van der Waals surface area contributed by atoms with Crippen molar-refractivity contribution in [3.63, 3.8) is 0 Å². The summed E-state index contributed by atoms with van der Waals surface area (Å²) in [6.07, 6.45) is 6.51. The van der Waals surface area contributed by atoms with Crippen LogP contribution in [0, 0.1) is 53.4 Å². The van der Waals surface area contributed by atoms with Gasteiger partial charge in [-0.3, -0.25) is 0 Å². The van der Waals surface area contributed by atoms with Crippen molar-refractivity contribution in [3.8, 4) is 11.8 Å². The van der Waals surface area contributed by atoms with Crippen molar-refractivity contribution in [2.45, 2.75) is 87.6 Å². The molecule has 1 aliphatic rings. The second-order valence-corrected chi connectivity index (χ2v) is 17.4. The monoisotopic (exact) mass is 794 g/mol. The summed E-state index contributed by atoms with van der Waals surface area (Å²) in [5, 5.41) is 7.49.